The van der Waals surface area contributed by atoms with Crippen molar-refractivity contribution in [2.75, 3.05) is 16.4 Å². The SMILES string of the molecule is Nc1c(F)c(NCc2ncc(C(F)(F)F)cc2F)c(F)c(F)c1NC(=O)OC1CC1. The molecule has 3 rings (SSSR count). The van der Waals surface area contributed by atoms with Crippen LogP contribution in [-0.4, -0.2) is 17.2 Å². The number of hydrogen-bond donors (Lipinski definition) is 3. The van der Waals surface area contributed by atoms with Gasteiger partial charge in [-0.3, -0.25) is 10.3 Å². The van der Waals surface area contributed by atoms with Crippen LogP contribution in [0.1, 0.15) is 24.1 Å². The van der Waals surface area contributed by atoms with Gasteiger partial charge in [-0.2, -0.15) is 13.2 Å². The first-order valence-corrected chi connectivity index (χ1v) is 8.38. The van der Waals surface area contributed by atoms with Crippen LogP contribution < -0.4 is 16.4 Å². The Hall–Kier alpha value is -3.25. The maximum Gasteiger partial charge on any atom is 0.417 e. The summed E-state index contributed by atoms with van der Waals surface area (Å²) >= 11 is 0. The van der Waals surface area contributed by atoms with Crippen molar-refractivity contribution in [2.45, 2.75) is 31.7 Å². The van der Waals surface area contributed by atoms with Crippen molar-refractivity contribution in [2.24, 2.45) is 0 Å². The van der Waals surface area contributed by atoms with E-state index in [0.717, 1.165) is 0 Å². The molecular weight excluding hydrogens is 425 g/mol. The lowest BCUT2D eigenvalue weighted by molar-refractivity contribution is -0.138. The normalized spacial score (nSPS) is 13.8. The molecule has 1 fully saturated rings. The van der Waals surface area contributed by atoms with E-state index in [1.807, 2.05) is 10.6 Å². The zero-order valence-corrected chi connectivity index (χ0v) is 14.8. The Morgan fingerprint density at radius 3 is 2.33 bits per heavy atom. The first-order valence-electron chi connectivity index (χ1n) is 8.38. The lowest BCUT2D eigenvalue weighted by atomic mass is 10.2. The zero-order valence-electron chi connectivity index (χ0n) is 14.8. The van der Waals surface area contributed by atoms with Crippen LogP contribution in [0.2, 0.25) is 0 Å². The van der Waals surface area contributed by atoms with Crippen LogP contribution in [-0.2, 0) is 17.5 Å². The lowest BCUT2D eigenvalue weighted by Crippen LogP contribution is -2.19. The third-order valence-corrected chi connectivity index (χ3v) is 4.06. The Bertz CT molecular complexity index is 964. The number of aromatic nitrogens is 1. The van der Waals surface area contributed by atoms with Crippen molar-refractivity contribution < 1.29 is 40.3 Å². The van der Waals surface area contributed by atoms with Crippen LogP contribution in [0.15, 0.2) is 12.3 Å². The number of amides is 1. The van der Waals surface area contributed by atoms with Crippen molar-refractivity contribution >= 4 is 23.2 Å². The lowest BCUT2D eigenvalue weighted by Gasteiger charge is -2.16. The molecule has 4 N–H and O–H groups in total. The molecule has 1 aliphatic rings. The van der Waals surface area contributed by atoms with E-state index in [0.29, 0.717) is 19.0 Å². The van der Waals surface area contributed by atoms with Gasteiger partial charge in [0.25, 0.3) is 0 Å². The van der Waals surface area contributed by atoms with Gasteiger partial charge in [0.15, 0.2) is 17.5 Å². The van der Waals surface area contributed by atoms with Crippen LogP contribution in [0.5, 0.6) is 0 Å². The predicted octanol–water partition coefficient (Wildman–Crippen LogP) is 4.56. The number of anilines is 3. The average Bonchev–Trinajstić information content (AvgIpc) is 3.47. The van der Waals surface area contributed by atoms with Gasteiger partial charge in [-0.15, -0.1) is 0 Å². The minimum Gasteiger partial charge on any atom is -0.446 e. The van der Waals surface area contributed by atoms with Gasteiger partial charge in [-0.25, -0.2) is 22.4 Å². The van der Waals surface area contributed by atoms with E-state index < -0.39 is 70.4 Å². The van der Waals surface area contributed by atoms with E-state index in [2.05, 4.69) is 4.98 Å². The topological polar surface area (TPSA) is 89.3 Å². The molecule has 1 aromatic carbocycles. The van der Waals surface area contributed by atoms with E-state index in [1.54, 1.807) is 0 Å². The Kier molecular flexibility index (Phi) is 5.63. The van der Waals surface area contributed by atoms with Crippen LogP contribution >= 0.6 is 0 Å². The Morgan fingerprint density at radius 1 is 1.13 bits per heavy atom. The molecule has 1 amide bonds. The molecule has 13 heteroatoms. The monoisotopic (exact) mass is 438 g/mol. The van der Waals surface area contributed by atoms with Crippen molar-refractivity contribution in [3.63, 3.8) is 0 Å². The van der Waals surface area contributed by atoms with Crippen LogP contribution in [0.3, 0.4) is 0 Å². The molecule has 0 bridgehead atoms. The summed E-state index contributed by atoms with van der Waals surface area (Å²) in [7, 11) is 0. The van der Waals surface area contributed by atoms with Gasteiger partial charge in [0.05, 0.1) is 23.5 Å². The molecule has 0 aliphatic heterocycles. The molecule has 0 spiro atoms. The van der Waals surface area contributed by atoms with Gasteiger partial charge in [-0.05, 0) is 18.9 Å². The maximum absolute atomic E-state index is 14.4. The molecule has 0 radical (unpaired) electrons. The fourth-order valence-electron chi connectivity index (χ4n) is 2.35. The molecule has 6 nitrogen and oxygen atoms in total. The van der Waals surface area contributed by atoms with Gasteiger partial charge >= 0.3 is 12.3 Å². The fraction of sp³-hybridized carbons (Fsp3) is 0.294. The van der Waals surface area contributed by atoms with E-state index in [4.69, 9.17) is 10.5 Å². The molecule has 1 saturated carbocycles. The van der Waals surface area contributed by atoms with Crippen molar-refractivity contribution in [3.05, 3.63) is 46.8 Å². The molecule has 1 aliphatic carbocycles. The number of carbonyl (C=O) groups excluding carboxylic acids is 1. The number of hydrogen-bond acceptors (Lipinski definition) is 5. The third-order valence-electron chi connectivity index (χ3n) is 4.06. The van der Waals surface area contributed by atoms with Crippen LogP contribution in [0, 0.1) is 23.3 Å². The molecule has 162 valence electrons. The average molecular weight is 438 g/mol. The van der Waals surface area contributed by atoms with E-state index >= 15 is 0 Å². The number of nitrogens with one attached hydrogen (secondary N) is 2. The first kappa shape index (κ1) is 21.5. The number of nitrogens with zero attached hydrogens (tertiary/aromatic N) is 1. The maximum atomic E-state index is 14.4. The summed E-state index contributed by atoms with van der Waals surface area (Å²) in [5, 5.41) is 3.82. The summed E-state index contributed by atoms with van der Waals surface area (Å²) in [6.45, 7) is -0.785. The smallest absolute Gasteiger partial charge is 0.417 e. The minimum atomic E-state index is -4.83. The molecule has 0 saturated heterocycles. The second-order valence-corrected chi connectivity index (χ2v) is 6.34. The summed E-state index contributed by atoms with van der Waals surface area (Å²) < 4.78 is 99.1. The molecule has 30 heavy (non-hydrogen) atoms. The summed E-state index contributed by atoms with van der Waals surface area (Å²) in [6.07, 6.45) is -4.81. The number of alkyl halides is 3. The highest BCUT2D eigenvalue weighted by Crippen LogP contribution is 2.36. The highest BCUT2D eigenvalue weighted by molar-refractivity contribution is 5.90. The van der Waals surface area contributed by atoms with E-state index in [1.165, 1.54) is 0 Å². The number of ether oxygens (including phenoxy) is 1. The Balaban J connectivity index is 1.80. The largest absolute Gasteiger partial charge is 0.446 e. The molecule has 0 unspecified atom stereocenters. The zero-order chi connectivity index (χ0) is 22.2. The summed E-state index contributed by atoms with van der Waals surface area (Å²) in [6, 6.07) is 0.157. The second kappa shape index (κ2) is 7.88. The van der Waals surface area contributed by atoms with Crippen molar-refractivity contribution in [3.8, 4) is 0 Å². The quantitative estimate of drug-likeness (QED) is 0.362. The van der Waals surface area contributed by atoms with Gasteiger partial charge < -0.3 is 15.8 Å². The highest BCUT2D eigenvalue weighted by Gasteiger charge is 2.32. The Labute approximate surface area is 164 Å². The van der Waals surface area contributed by atoms with E-state index in [-0.39, 0.29) is 12.2 Å². The van der Waals surface area contributed by atoms with Crippen molar-refractivity contribution in [1.29, 1.82) is 0 Å². The number of pyridine rings is 1. The van der Waals surface area contributed by atoms with Gasteiger partial charge in [0.2, 0.25) is 0 Å². The second-order valence-electron chi connectivity index (χ2n) is 6.34. The van der Waals surface area contributed by atoms with E-state index in [9.17, 15) is 35.5 Å². The summed E-state index contributed by atoms with van der Waals surface area (Å²) in [4.78, 5) is 14.8. The van der Waals surface area contributed by atoms with Crippen molar-refractivity contribution in [1.82, 2.24) is 4.98 Å². The molecule has 2 aromatic rings. The number of nitrogen functional groups attached to an aromatic ring is 1. The molecule has 1 heterocycles. The van der Waals surface area contributed by atoms with Gasteiger partial charge in [-0.1, -0.05) is 0 Å². The number of benzene rings is 1. The fourth-order valence-corrected chi connectivity index (χ4v) is 2.35. The molecule has 1 aromatic heterocycles. The number of nitrogens with two attached hydrogens (primary N) is 1. The number of rotatable bonds is 5. The number of carbonyl (C=O) groups is 1. The van der Waals surface area contributed by atoms with Gasteiger partial charge in [0, 0.05) is 6.20 Å². The predicted molar refractivity (Wildman–Crippen MR) is 90.4 cm³/mol. The Morgan fingerprint density at radius 2 is 1.77 bits per heavy atom. The first-order chi connectivity index (χ1) is 14.0. The van der Waals surface area contributed by atoms with Gasteiger partial charge in [0.1, 0.15) is 23.3 Å². The standard InChI is InChI=1S/C17H13F7N4O2/c18-8-3-6(17(22,23)24)4-26-9(8)5-27-14-10(19)11(20)15(13(25)12(14)21)28-16(29)30-7-1-2-7/h3-4,7,27H,1-2,5,25H2,(H,28,29). The molecule has 0 atom stereocenters. The molecular formula is C17H13F7N4O2. The number of halogens is 7. The third kappa shape index (κ3) is 4.49. The summed E-state index contributed by atoms with van der Waals surface area (Å²) in [5.41, 5.74) is 0.364. The highest BCUT2D eigenvalue weighted by atomic mass is 19.4. The minimum absolute atomic E-state index is 0.157. The summed E-state index contributed by atoms with van der Waals surface area (Å²) in [5.74, 6) is -6.42. The van der Waals surface area contributed by atoms with Crippen LogP contribution in [0.4, 0.5) is 52.6 Å². The van der Waals surface area contributed by atoms with Crippen LogP contribution in [0.25, 0.3) is 0 Å².